The van der Waals surface area contributed by atoms with E-state index in [0.717, 1.165) is 35.3 Å². The Labute approximate surface area is 196 Å². The van der Waals surface area contributed by atoms with Gasteiger partial charge in [-0.25, -0.2) is 4.79 Å². The molecule has 1 saturated carbocycles. The number of nitrogens with two attached hydrogens (primary N) is 1. The molecule has 1 fully saturated rings. The summed E-state index contributed by atoms with van der Waals surface area (Å²) < 4.78 is 0. The predicted octanol–water partition coefficient (Wildman–Crippen LogP) is 5.99. The number of hydrogen-bond donors (Lipinski definition) is 2. The number of aryl methyl sites for hydroxylation is 1. The van der Waals surface area contributed by atoms with Crippen molar-refractivity contribution in [2.45, 2.75) is 44.7 Å². The summed E-state index contributed by atoms with van der Waals surface area (Å²) in [5.74, 6) is -1.39. The molecule has 1 amide bonds. The highest BCUT2D eigenvalue weighted by molar-refractivity contribution is 7.18. The van der Waals surface area contributed by atoms with Gasteiger partial charge in [-0.1, -0.05) is 60.8 Å². The Hall–Kier alpha value is -2.67. The number of rotatable bonds is 5. The van der Waals surface area contributed by atoms with E-state index in [0.29, 0.717) is 22.7 Å². The highest BCUT2D eigenvalue weighted by Crippen LogP contribution is 2.40. The van der Waals surface area contributed by atoms with Crippen molar-refractivity contribution < 1.29 is 14.7 Å². The first kappa shape index (κ1) is 22.5. The standard InChI is InChI=1S/C25H25ClN2O3S/c1-15-11-12-17(18(26)13-15)24(29)28(20-10-6-5-9-19(20)27)21-14-22(32-23(21)25(30)31)16-7-3-2-4-8-16/h2-4,7-8,11-14,19-20H,5-6,9-10,27H2,1H3,(H,30,31)/t19-,20?/m0/s1. The third kappa shape index (κ3) is 4.44. The van der Waals surface area contributed by atoms with E-state index in [1.54, 1.807) is 23.1 Å². The Morgan fingerprint density at radius 2 is 1.81 bits per heavy atom. The van der Waals surface area contributed by atoms with E-state index in [1.165, 1.54) is 11.3 Å². The van der Waals surface area contributed by atoms with Crippen LogP contribution < -0.4 is 10.6 Å². The zero-order chi connectivity index (χ0) is 22.8. The van der Waals surface area contributed by atoms with Gasteiger partial charge in [0, 0.05) is 10.9 Å². The number of carboxylic acid groups (broad SMARTS) is 1. The maximum atomic E-state index is 13.8. The summed E-state index contributed by atoms with van der Waals surface area (Å²) in [7, 11) is 0. The molecule has 1 aliphatic rings. The number of anilines is 1. The van der Waals surface area contributed by atoms with Crippen LogP contribution in [0.5, 0.6) is 0 Å². The molecule has 32 heavy (non-hydrogen) atoms. The molecule has 2 aromatic carbocycles. The fraction of sp³-hybridized carbons (Fsp3) is 0.280. The lowest BCUT2D eigenvalue weighted by Gasteiger charge is -2.38. The van der Waals surface area contributed by atoms with Crippen LogP contribution >= 0.6 is 22.9 Å². The van der Waals surface area contributed by atoms with Crippen LogP contribution in [0.2, 0.25) is 5.02 Å². The lowest BCUT2D eigenvalue weighted by atomic mass is 9.89. The second-order valence-electron chi connectivity index (χ2n) is 8.17. The number of amides is 1. The van der Waals surface area contributed by atoms with Crippen molar-refractivity contribution in [1.29, 1.82) is 0 Å². The van der Waals surface area contributed by atoms with Gasteiger partial charge in [-0.15, -0.1) is 11.3 Å². The lowest BCUT2D eigenvalue weighted by Crippen LogP contribution is -2.52. The van der Waals surface area contributed by atoms with Crippen molar-refractivity contribution in [3.8, 4) is 10.4 Å². The van der Waals surface area contributed by atoms with Crippen LogP contribution in [0.1, 0.15) is 51.3 Å². The normalized spacial score (nSPS) is 18.3. The number of carboxylic acids is 1. The van der Waals surface area contributed by atoms with E-state index in [1.807, 2.05) is 43.3 Å². The van der Waals surface area contributed by atoms with Crippen LogP contribution in [-0.2, 0) is 0 Å². The smallest absolute Gasteiger partial charge is 0.348 e. The topological polar surface area (TPSA) is 83.6 Å². The second kappa shape index (κ2) is 9.45. The van der Waals surface area contributed by atoms with Crippen LogP contribution in [0.3, 0.4) is 0 Å². The van der Waals surface area contributed by atoms with E-state index >= 15 is 0 Å². The quantitative estimate of drug-likeness (QED) is 0.481. The van der Waals surface area contributed by atoms with E-state index in [9.17, 15) is 14.7 Å². The van der Waals surface area contributed by atoms with E-state index in [2.05, 4.69) is 0 Å². The highest BCUT2D eigenvalue weighted by Gasteiger charge is 2.36. The monoisotopic (exact) mass is 468 g/mol. The number of nitrogens with zero attached hydrogens (tertiary/aromatic N) is 1. The molecule has 0 bridgehead atoms. The van der Waals surface area contributed by atoms with Gasteiger partial charge in [-0.2, -0.15) is 0 Å². The molecule has 3 aromatic rings. The molecule has 1 unspecified atom stereocenters. The largest absolute Gasteiger partial charge is 0.477 e. The van der Waals surface area contributed by atoms with Gasteiger partial charge in [-0.05, 0) is 49.1 Å². The molecule has 1 aliphatic carbocycles. The van der Waals surface area contributed by atoms with Gasteiger partial charge in [0.05, 0.1) is 22.3 Å². The minimum absolute atomic E-state index is 0.123. The minimum atomic E-state index is -1.07. The molecular formula is C25H25ClN2O3S. The third-order valence-corrected chi connectivity index (χ3v) is 7.39. The number of carbonyl (C=O) groups is 2. The Kier molecular flexibility index (Phi) is 6.65. The van der Waals surface area contributed by atoms with Gasteiger partial charge < -0.3 is 15.7 Å². The van der Waals surface area contributed by atoms with E-state index < -0.39 is 5.97 Å². The summed E-state index contributed by atoms with van der Waals surface area (Å²) in [6.07, 6.45) is 3.43. The predicted molar refractivity (Wildman–Crippen MR) is 130 cm³/mol. The second-order valence-corrected chi connectivity index (χ2v) is 9.63. The van der Waals surface area contributed by atoms with Crippen LogP contribution in [0.25, 0.3) is 10.4 Å². The Morgan fingerprint density at radius 3 is 2.47 bits per heavy atom. The van der Waals surface area contributed by atoms with E-state index in [-0.39, 0.29) is 22.9 Å². The molecule has 0 aliphatic heterocycles. The lowest BCUT2D eigenvalue weighted by molar-refractivity contribution is 0.0702. The molecule has 0 saturated heterocycles. The van der Waals surface area contributed by atoms with Crippen molar-refractivity contribution in [1.82, 2.24) is 0 Å². The molecule has 0 radical (unpaired) electrons. The number of halogens is 1. The molecule has 1 aromatic heterocycles. The molecule has 2 atom stereocenters. The van der Waals surface area contributed by atoms with Crippen molar-refractivity contribution >= 4 is 40.5 Å². The average Bonchev–Trinajstić information content (AvgIpc) is 3.21. The zero-order valence-corrected chi connectivity index (χ0v) is 19.3. The van der Waals surface area contributed by atoms with E-state index in [4.69, 9.17) is 17.3 Å². The summed E-state index contributed by atoms with van der Waals surface area (Å²) in [5, 5.41) is 10.3. The first-order valence-corrected chi connectivity index (χ1v) is 11.8. The molecule has 0 spiro atoms. The maximum Gasteiger partial charge on any atom is 0.348 e. The molecular weight excluding hydrogens is 444 g/mol. The molecule has 7 heteroatoms. The average molecular weight is 469 g/mol. The molecule has 3 N–H and O–H groups in total. The van der Waals surface area contributed by atoms with Crippen LogP contribution in [0, 0.1) is 6.92 Å². The van der Waals surface area contributed by atoms with Gasteiger partial charge >= 0.3 is 5.97 Å². The molecule has 166 valence electrons. The summed E-state index contributed by atoms with van der Waals surface area (Å²) in [5.41, 5.74) is 9.04. The Morgan fingerprint density at radius 1 is 1.09 bits per heavy atom. The first-order chi connectivity index (χ1) is 15.4. The van der Waals surface area contributed by atoms with Gasteiger partial charge in [0.2, 0.25) is 0 Å². The van der Waals surface area contributed by atoms with Gasteiger partial charge in [0.25, 0.3) is 5.91 Å². The maximum absolute atomic E-state index is 13.8. The Balaban J connectivity index is 1.87. The van der Waals surface area contributed by atoms with Crippen molar-refractivity contribution in [3.63, 3.8) is 0 Å². The fourth-order valence-corrected chi connectivity index (χ4v) is 5.59. The van der Waals surface area contributed by atoms with Crippen molar-refractivity contribution in [2.75, 3.05) is 4.90 Å². The van der Waals surface area contributed by atoms with Crippen molar-refractivity contribution in [2.24, 2.45) is 5.73 Å². The Bertz CT molecular complexity index is 1150. The van der Waals surface area contributed by atoms with Crippen LogP contribution in [0.15, 0.2) is 54.6 Å². The summed E-state index contributed by atoms with van der Waals surface area (Å²) in [6, 6.07) is 16.1. The number of aromatic carboxylic acids is 1. The zero-order valence-electron chi connectivity index (χ0n) is 17.8. The van der Waals surface area contributed by atoms with Crippen LogP contribution in [-0.4, -0.2) is 29.1 Å². The third-order valence-electron chi connectivity index (χ3n) is 5.91. The summed E-state index contributed by atoms with van der Waals surface area (Å²) in [4.78, 5) is 28.6. The number of carbonyl (C=O) groups excluding carboxylic acids is 1. The summed E-state index contributed by atoms with van der Waals surface area (Å²) >= 11 is 7.61. The highest BCUT2D eigenvalue weighted by atomic mass is 35.5. The summed E-state index contributed by atoms with van der Waals surface area (Å²) in [6.45, 7) is 1.91. The van der Waals surface area contributed by atoms with Crippen LogP contribution in [0.4, 0.5) is 5.69 Å². The number of hydrogen-bond acceptors (Lipinski definition) is 4. The molecule has 1 heterocycles. The number of benzene rings is 2. The van der Waals surface area contributed by atoms with Gasteiger partial charge in [-0.3, -0.25) is 4.79 Å². The molecule has 5 nitrogen and oxygen atoms in total. The van der Waals surface area contributed by atoms with Gasteiger partial charge in [0.15, 0.2) is 0 Å². The first-order valence-electron chi connectivity index (χ1n) is 10.6. The SMILES string of the molecule is Cc1ccc(C(=O)N(c2cc(-c3ccccc3)sc2C(=O)O)C2CCCC[C@@H]2N)c(Cl)c1. The minimum Gasteiger partial charge on any atom is -0.477 e. The molecule has 4 rings (SSSR count). The van der Waals surface area contributed by atoms with Crippen molar-refractivity contribution in [3.05, 3.63) is 75.6 Å². The number of thiophene rings is 1. The van der Waals surface area contributed by atoms with Gasteiger partial charge in [0.1, 0.15) is 4.88 Å². The fourth-order valence-electron chi connectivity index (χ4n) is 4.28.